The van der Waals surface area contributed by atoms with E-state index in [4.69, 9.17) is 5.10 Å². The van der Waals surface area contributed by atoms with Crippen LogP contribution in [0.25, 0.3) is 0 Å². The van der Waals surface area contributed by atoms with E-state index in [0.717, 1.165) is 48.8 Å². The number of benzene rings is 2. The van der Waals surface area contributed by atoms with Gasteiger partial charge in [-0.15, -0.1) is 0 Å². The molecule has 4 fully saturated rings. The Balaban J connectivity index is 1.50. The van der Waals surface area contributed by atoms with Gasteiger partial charge in [-0.2, -0.15) is 5.10 Å². The summed E-state index contributed by atoms with van der Waals surface area (Å²) in [6, 6.07) is 13.8. The van der Waals surface area contributed by atoms with Gasteiger partial charge in [-0.05, 0) is 67.9 Å². The average molecular weight is 434 g/mol. The van der Waals surface area contributed by atoms with Crippen molar-refractivity contribution < 1.29 is 9.85 Å². The van der Waals surface area contributed by atoms with E-state index < -0.39 is 9.85 Å². The molecule has 4 bridgehead atoms. The van der Waals surface area contributed by atoms with Gasteiger partial charge in [0.25, 0.3) is 5.69 Å². The summed E-state index contributed by atoms with van der Waals surface area (Å²) >= 11 is 0. The minimum absolute atomic E-state index is 0.0349. The fourth-order valence-corrected chi connectivity index (χ4v) is 6.61. The molecule has 0 aromatic heterocycles. The zero-order valence-corrected chi connectivity index (χ0v) is 17.8. The second-order valence-electron chi connectivity index (χ2n) is 9.75. The van der Waals surface area contributed by atoms with Crippen LogP contribution in [0.15, 0.2) is 53.6 Å². The zero-order valence-electron chi connectivity index (χ0n) is 17.8. The first-order valence-electron chi connectivity index (χ1n) is 11.2. The van der Waals surface area contributed by atoms with Crippen LogP contribution in [0.1, 0.15) is 44.1 Å². The van der Waals surface area contributed by atoms with Crippen LogP contribution < -0.4 is 5.43 Å². The Bertz CT molecular complexity index is 1050. The number of non-ortho nitro benzene ring substituents is 1. The van der Waals surface area contributed by atoms with Crippen LogP contribution in [0.2, 0.25) is 0 Å². The number of nitrogens with zero attached hydrogens (tertiary/aromatic N) is 3. The summed E-state index contributed by atoms with van der Waals surface area (Å²) in [5.74, 6) is 2.24. The maximum atomic E-state index is 11.5. The Morgan fingerprint density at radius 1 is 0.938 bits per heavy atom. The molecule has 6 rings (SSSR count). The number of hydrogen-bond donors (Lipinski definition) is 1. The van der Waals surface area contributed by atoms with E-state index in [1.54, 1.807) is 0 Å². The van der Waals surface area contributed by atoms with Crippen molar-refractivity contribution >= 4 is 22.8 Å². The van der Waals surface area contributed by atoms with Gasteiger partial charge in [-0.3, -0.25) is 25.7 Å². The first kappa shape index (κ1) is 20.6. The fourth-order valence-electron chi connectivity index (χ4n) is 6.61. The Morgan fingerprint density at radius 2 is 1.56 bits per heavy atom. The van der Waals surface area contributed by atoms with Crippen LogP contribution in [0.4, 0.5) is 17.1 Å². The van der Waals surface area contributed by atoms with Gasteiger partial charge in [0.1, 0.15) is 5.69 Å². The normalized spacial score (nSPS) is 28.5. The van der Waals surface area contributed by atoms with Gasteiger partial charge in [0.2, 0.25) is 0 Å². The molecule has 8 heteroatoms. The number of nitro benzene ring substituents is 2. The Hall–Kier alpha value is -3.29. The molecule has 0 radical (unpaired) electrons. The number of rotatable bonds is 7. The number of nitrogens with one attached hydrogen (secondary N) is 1. The van der Waals surface area contributed by atoms with Crippen LogP contribution >= 0.6 is 0 Å². The van der Waals surface area contributed by atoms with Crippen molar-refractivity contribution in [3.63, 3.8) is 0 Å². The van der Waals surface area contributed by atoms with Gasteiger partial charge in [-0.1, -0.05) is 30.3 Å². The van der Waals surface area contributed by atoms with Crippen LogP contribution in [0.5, 0.6) is 0 Å². The highest BCUT2D eigenvalue weighted by Crippen LogP contribution is 2.60. The molecule has 166 valence electrons. The lowest BCUT2D eigenvalue weighted by atomic mass is 9.48. The summed E-state index contributed by atoms with van der Waals surface area (Å²) in [4.78, 5) is 21.4. The molecular weight excluding hydrogens is 408 g/mol. The first-order chi connectivity index (χ1) is 15.4. The molecule has 4 aliphatic rings. The van der Waals surface area contributed by atoms with Crippen LogP contribution in [0, 0.1) is 43.4 Å². The van der Waals surface area contributed by atoms with Crippen molar-refractivity contribution in [2.45, 2.75) is 44.9 Å². The van der Waals surface area contributed by atoms with Gasteiger partial charge in [0.15, 0.2) is 0 Å². The molecule has 0 unspecified atom stereocenters. The summed E-state index contributed by atoms with van der Waals surface area (Å²) in [5.41, 5.74) is 4.71. The molecule has 0 spiro atoms. The largest absolute Gasteiger partial charge is 0.301 e. The van der Waals surface area contributed by atoms with E-state index in [1.807, 2.05) is 18.2 Å². The average Bonchev–Trinajstić information content (AvgIpc) is 2.76. The van der Waals surface area contributed by atoms with Crippen molar-refractivity contribution in [2.24, 2.45) is 28.3 Å². The van der Waals surface area contributed by atoms with Gasteiger partial charge in [0.05, 0.1) is 15.9 Å². The lowest BCUT2D eigenvalue weighted by molar-refractivity contribution is -0.393. The summed E-state index contributed by atoms with van der Waals surface area (Å²) < 4.78 is 0. The Labute approximate surface area is 186 Å². The summed E-state index contributed by atoms with van der Waals surface area (Å²) in [7, 11) is 0. The highest BCUT2D eigenvalue weighted by atomic mass is 16.6. The second kappa shape index (κ2) is 8.00. The van der Waals surface area contributed by atoms with E-state index >= 15 is 0 Å². The van der Waals surface area contributed by atoms with Gasteiger partial charge < -0.3 is 0 Å². The second-order valence-corrected chi connectivity index (χ2v) is 9.75. The third-order valence-electron chi connectivity index (χ3n) is 7.56. The number of anilines is 1. The molecule has 2 aromatic rings. The first-order valence-corrected chi connectivity index (χ1v) is 11.2. The monoisotopic (exact) mass is 434 g/mol. The lowest BCUT2D eigenvalue weighted by Crippen LogP contribution is -2.50. The molecule has 0 amide bonds. The van der Waals surface area contributed by atoms with Crippen molar-refractivity contribution in [1.82, 2.24) is 0 Å². The van der Waals surface area contributed by atoms with E-state index in [0.29, 0.717) is 6.42 Å². The molecule has 4 aliphatic carbocycles. The van der Waals surface area contributed by atoms with E-state index in [2.05, 4.69) is 17.6 Å². The van der Waals surface area contributed by atoms with Crippen LogP contribution in [-0.4, -0.2) is 15.6 Å². The summed E-state index contributed by atoms with van der Waals surface area (Å²) in [5, 5.41) is 27.4. The predicted octanol–water partition coefficient (Wildman–Crippen LogP) is 5.73. The van der Waals surface area contributed by atoms with Crippen molar-refractivity contribution in [3.05, 3.63) is 74.3 Å². The molecule has 0 aliphatic heterocycles. The van der Waals surface area contributed by atoms with Crippen molar-refractivity contribution in [2.75, 3.05) is 5.43 Å². The predicted molar refractivity (Wildman–Crippen MR) is 122 cm³/mol. The van der Waals surface area contributed by atoms with Crippen LogP contribution in [-0.2, 0) is 6.42 Å². The molecule has 0 saturated heterocycles. The highest BCUT2D eigenvalue weighted by Gasteiger charge is 2.53. The molecule has 4 saturated carbocycles. The standard InChI is InChI=1S/C24H26N4O4/c29-27(30)20-6-7-21(22(12-20)28(31)32)25-26-23(11-16-4-2-1-3-5-16)24-13-17-8-18(14-24)10-19(9-17)15-24/h1-7,12,17-19,25H,8-11,13-15H2/b26-23-. The minimum Gasteiger partial charge on any atom is -0.272 e. The fraction of sp³-hybridized carbons (Fsp3) is 0.458. The minimum atomic E-state index is -0.629. The van der Waals surface area contributed by atoms with Gasteiger partial charge in [-0.25, -0.2) is 0 Å². The lowest BCUT2D eigenvalue weighted by Gasteiger charge is -2.57. The quantitative estimate of drug-likeness (QED) is 0.340. The molecular formula is C24H26N4O4. The maximum Gasteiger partial charge on any atom is 0.301 e. The topological polar surface area (TPSA) is 111 Å². The summed E-state index contributed by atoms with van der Waals surface area (Å²) in [6.07, 6.45) is 8.05. The Kier molecular flexibility index (Phi) is 5.15. The highest BCUT2D eigenvalue weighted by molar-refractivity contribution is 5.93. The zero-order chi connectivity index (χ0) is 22.3. The molecule has 32 heavy (non-hydrogen) atoms. The smallest absolute Gasteiger partial charge is 0.272 e. The van der Waals surface area contributed by atoms with Crippen molar-refractivity contribution in [1.29, 1.82) is 0 Å². The number of hydrogen-bond acceptors (Lipinski definition) is 6. The van der Waals surface area contributed by atoms with Gasteiger partial charge >= 0.3 is 5.69 Å². The summed E-state index contributed by atoms with van der Waals surface area (Å²) in [6.45, 7) is 0. The van der Waals surface area contributed by atoms with E-state index in [1.165, 1.54) is 37.0 Å². The third-order valence-corrected chi connectivity index (χ3v) is 7.56. The van der Waals surface area contributed by atoms with Crippen LogP contribution in [0.3, 0.4) is 0 Å². The van der Waals surface area contributed by atoms with Gasteiger partial charge in [0, 0.05) is 23.6 Å². The number of hydrazone groups is 1. The SMILES string of the molecule is O=[N+]([O-])c1ccc(N/N=C(/Cc2ccccc2)C23CC4CC(CC(C4)C2)C3)c([N+](=O)[O-])c1. The molecule has 0 atom stereocenters. The van der Waals surface area contributed by atoms with E-state index in [9.17, 15) is 20.2 Å². The van der Waals surface area contributed by atoms with E-state index in [-0.39, 0.29) is 22.5 Å². The molecule has 8 nitrogen and oxygen atoms in total. The molecule has 1 N–H and O–H groups in total. The Morgan fingerprint density at radius 3 is 2.12 bits per heavy atom. The third kappa shape index (κ3) is 3.85. The van der Waals surface area contributed by atoms with Crippen molar-refractivity contribution in [3.8, 4) is 0 Å². The molecule has 0 heterocycles. The maximum absolute atomic E-state index is 11.5. The molecule has 2 aromatic carbocycles. The number of nitro groups is 2.